The van der Waals surface area contributed by atoms with Gasteiger partial charge in [-0.3, -0.25) is 0 Å². The maximum atomic E-state index is 10.2. The molecule has 0 aromatic carbocycles. The summed E-state index contributed by atoms with van der Waals surface area (Å²) in [6.45, 7) is 1.78. The SMILES string of the molecule is CC(O)CCCCCCC(O)/C=C/C(=O)O. The Bertz CT molecular complexity index is 211. The second-order valence-electron chi connectivity index (χ2n) is 4.11. The molecule has 0 radical (unpaired) electrons. The van der Waals surface area contributed by atoms with Crippen molar-refractivity contribution in [2.75, 3.05) is 0 Å². The van der Waals surface area contributed by atoms with E-state index in [9.17, 15) is 9.90 Å². The number of aliphatic carboxylic acids is 1. The minimum absolute atomic E-state index is 0.232. The predicted octanol–water partition coefficient (Wildman–Crippen LogP) is 1.71. The minimum atomic E-state index is -1.03. The lowest BCUT2D eigenvalue weighted by atomic mass is 10.1. The van der Waals surface area contributed by atoms with Crippen LogP contribution in [-0.4, -0.2) is 33.5 Å². The first-order chi connectivity index (χ1) is 7.52. The van der Waals surface area contributed by atoms with Crippen LogP contribution in [0.3, 0.4) is 0 Å². The van der Waals surface area contributed by atoms with E-state index in [-0.39, 0.29) is 6.10 Å². The van der Waals surface area contributed by atoms with Crippen LogP contribution >= 0.6 is 0 Å². The molecule has 16 heavy (non-hydrogen) atoms. The van der Waals surface area contributed by atoms with Gasteiger partial charge >= 0.3 is 5.97 Å². The van der Waals surface area contributed by atoms with Crippen molar-refractivity contribution < 1.29 is 20.1 Å². The molecule has 0 aromatic heterocycles. The molecule has 0 aromatic rings. The third-order valence-corrected chi connectivity index (χ3v) is 2.33. The van der Waals surface area contributed by atoms with Gasteiger partial charge in [-0.2, -0.15) is 0 Å². The lowest BCUT2D eigenvalue weighted by molar-refractivity contribution is -0.131. The molecule has 2 atom stereocenters. The Morgan fingerprint density at radius 1 is 1.12 bits per heavy atom. The van der Waals surface area contributed by atoms with Crippen LogP contribution < -0.4 is 0 Å². The summed E-state index contributed by atoms with van der Waals surface area (Å²) in [4.78, 5) is 10.2. The van der Waals surface area contributed by atoms with Crippen LogP contribution in [0.15, 0.2) is 12.2 Å². The van der Waals surface area contributed by atoms with Crippen LogP contribution in [0.2, 0.25) is 0 Å². The van der Waals surface area contributed by atoms with Crippen molar-refractivity contribution in [2.45, 2.75) is 57.7 Å². The van der Waals surface area contributed by atoms with Crippen molar-refractivity contribution in [1.29, 1.82) is 0 Å². The predicted molar refractivity (Wildman–Crippen MR) is 62.2 cm³/mol. The molecular weight excluding hydrogens is 208 g/mol. The molecule has 0 saturated carbocycles. The molecule has 0 aliphatic heterocycles. The maximum absolute atomic E-state index is 10.2. The number of unbranched alkanes of at least 4 members (excludes halogenated alkanes) is 3. The minimum Gasteiger partial charge on any atom is -0.478 e. The second kappa shape index (κ2) is 9.36. The first-order valence-corrected chi connectivity index (χ1v) is 5.79. The molecule has 0 aliphatic carbocycles. The van der Waals surface area contributed by atoms with Gasteiger partial charge in [0.25, 0.3) is 0 Å². The molecule has 0 rings (SSSR count). The number of aliphatic hydroxyl groups is 2. The fourth-order valence-corrected chi connectivity index (χ4v) is 1.44. The molecule has 0 spiro atoms. The van der Waals surface area contributed by atoms with Gasteiger partial charge in [0.1, 0.15) is 0 Å². The Balaban J connectivity index is 3.34. The highest BCUT2D eigenvalue weighted by Gasteiger charge is 2.00. The fraction of sp³-hybridized carbons (Fsp3) is 0.750. The van der Waals surface area contributed by atoms with Gasteiger partial charge in [-0.1, -0.05) is 25.7 Å². The third kappa shape index (κ3) is 11.2. The van der Waals surface area contributed by atoms with Crippen molar-refractivity contribution in [2.24, 2.45) is 0 Å². The van der Waals surface area contributed by atoms with Crippen molar-refractivity contribution in [3.05, 3.63) is 12.2 Å². The molecule has 4 heteroatoms. The van der Waals surface area contributed by atoms with Crippen LogP contribution in [0, 0.1) is 0 Å². The summed E-state index contributed by atoms with van der Waals surface area (Å²) in [6.07, 6.45) is 6.72. The summed E-state index contributed by atoms with van der Waals surface area (Å²) in [6, 6.07) is 0. The Labute approximate surface area is 96.6 Å². The quantitative estimate of drug-likeness (QED) is 0.416. The first-order valence-electron chi connectivity index (χ1n) is 5.79. The maximum Gasteiger partial charge on any atom is 0.328 e. The van der Waals surface area contributed by atoms with E-state index in [0.29, 0.717) is 6.42 Å². The van der Waals surface area contributed by atoms with Gasteiger partial charge in [0.15, 0.2) is 0 Å². The van der Waals surface area contributed by atoms with Gasteiger partial charge in [-0.15, -0.1) is 0 Å². The highest BCUT2D eigenvalue weighted by atomic mass is 16.4. The van der Waals surface area contributed by atoms with E-state index in [2.05, 4.69) is 0 Å². The van der Waals surface area contributed by atoms with Crippen LogP contribution in [0.5, 0.6) is 0 Å². The highest BCUT2D eigenvalue weighted by Crippen LogP contribution is 2.09. The van der Waals surface area contributed by atoms with E-state index in [4.69, 9.17) is 10.2 Å². The molecule has 0 bridgehead atoms. The first kappa shape index (κ1) is 15.1. The fourth-order valence-electron chi connectivity index (χ4n) is 1.44. The monoisotopic (exact) mass is 230 g/mol. The molecular formula is C12H22O4. The van der Waals surface area contributed by atoms with E-state index >= 15 is 0 Å². The second-order valence-corrected chi connectivity index (χ2v) is 4.11. The molecule has 94 valence electrons. The van der Waals surface area contributed by atoms with E-state index in [0.717, 1.165) is 38.2 Å². The Morgan fingerprint density at radius 2 is 1.69 bits per heavy atom. The van der Waals surface area contributed by atoms with Gasteiger partial charge in [-0.05, 0) is 25.8 Å². The van der Waals surface area contributed by atoms with Crippen LogP contribution in [-0.2, 0) is 4.79 Å². The smallest absolute Gasteiger partial charge is 0.328 e. The summed E-state index contributed by atoms with van der Waals surface area (Å²) in [5.74, 6) is -1.03. The lowest BCUT2D eigenvalue weighted by Crippen LogP contribution is -2.03. The van der Waals surface area contributed by atoms with Crippen LogP contribution in [0.4, 0.5) is 0 Å². The zero-order valence-corrected chi connectivity index (χ0v) is 9.80. The van der Waals surface area contributed by atoms with E-state index < -0.39 is 12.1 Å². The summed E-state index contributed by atoms with van der Waals surface area (Å²) in [7, 11) is 0. The number of carboxylic acid groups (broad SMARTS) is 1. The molecule has 0 amide bonds. The Morgan fingerprint density at radius 3 is 2.19 bits per heavy atom. The van der Waals surface area contributed by atoms with Crippen molar-refractivity contribution in [3.63, 3.8) is 0 Å². The standard InChI is InChI=1S/C12H22O4/c1-10(13)6-4-2-3-5-7-11(14)8-9-12(15)16/h8-11,13-14H,2-7H2,1H3,(H,15,16)/b9-8+. The molecule has 2 unspecified atom stereocenters. The average molecular weight is 230 g/mol. The van der Waals surface area contributed by atoms with Gasteiger partial charge in [0.05, 0.1) is 12.2 Å². The largest absolute Gasteiger partial charge is 0.478 e. The normalized spacial score (nSPS) is 15.2. The van der Waals surface area contributed by atoms with E-state index in [1.807, 2.05) is 0 Å². The number of aliphatic hydroxyl groups excluding tert-OH is 2. The average Bonchev–Trinajstić information content (AvgIpc) is 2.19. The number of hydrogen-bond donors (Lipinski definition) is 3. The molecule has 3 N–H and O–H groups in total. The zero-order valence-electron chi connectivity index (χ0n) is 9.80. The van der Waals surface area contributed by atoms with Crippen molar-refractivity contribution >= 4 is 5.97 Å². The Hall–Kier alpha value is -0.870. The molecule has 4 nitrogen and oxygen atoms in total. The summed E-state index contributed by atoms with van der Waals surface area (Å²) >= 11 is 0. The lowest BCUT2D eigenvalue weighted by Gasteiger charge is -2.06. The summed E-state index contributed by atoms with van der Waals surface area (Å²) < 4.78 is 0. The van der Waals surface area contributed by atoms with Crippen LogP contribution in [0.1, 0.15) is 45.4 Å². The molecule has 0 heterocycles. The molecule has 0 saturated heterocycles. The van der Waals surface area contributed by atoms with E-state index in [1.165, 1.54) is 6.08 Å². The summed E-state index contributed by atoms with van der Waals surface area (Å²) in [5.41, 5.74) is 0. The van der Waals surface area contributed by atoms with Gasteiger partial charge < -0.3 is 15.3 Å². The Kier molecular flexibility index (Phi) is 8.85. The van der Waals surface area contributed by atoms with Gasteiger partial charge in [0.2, 0.25) is 0 Å². The van der Waals surface area contributed by atoms with Crippen molar-refractivity contribution in [3.8, 4) is 0 Å². The molecule has 0 aliphatic rings. The van der Waals surface area contributed by atoms with Gasteiger partial charge in [-0.25, -0.2) is 4.79 Å². The zero-order chi connectivity index (χ0) is 12.4. The highest BCUT2D eigenvalue weighted by molar-refractivity contribution is 5.79. The number of hydrogen-bond acceptors (Lipinski definition) is 3. The summed E-state index contributed by atoms with van der Waals surface area (Å²) in [5, 5.41) is 26.7. The number of rotatable bonds is 9. The topological polar surface area (TPSA) is 77.8 Å². The number of carbonyl (C=O) groups is 1. The van der Waals surface area contributed by atoms with E-state index in [1.54, 1.807) is 6.92 Å². The van der Waals surface area contributed by atoms with Crippen molar-refractivity contribution in [1.82, 2.24) is 0 Å². The van der Waals surface area contributed by atoms with Crippen LogP contribution in [0.25, 0.3) is 0 Å². The molecule has 0 fully saturated rings. The van der Waals surface area contributed by atoms with Gasteiger partial charge in [0, 0.05) is 6.08 Å². The third-order valence-electron chi connectivity index (χ3n) is 2.33. The number of carboxylic acids is 1.